The van der Waals surface area contributed by atoms with Crippen molar-refractivity contribution in [1.82, 2.24) is 4.90 Å². The third-order valence-electron chi connectivity index (χ3n) is 4.92. The molecule has 1 amide bonds. The van der Waals surface area contributed by atoms with Crippen molar-refractivity contribution in [2.75, 3.05) is 19.8 Å². The van der Waals surface area contributed by atoms with Crippen molar-refractivity contribution in [3.05, 3.63) is 0 Å². The van der Waals surface area contributed by atoms with E-state index in [1.54, 1.807) is 0 Å². The predicted molar refractivity (Wildman–Crippen MR) is 65.5 cm³/mol. The third-order valence-corrected chi connectivity index (χ3v) is 4.92. The third kappa shape index (κ3) is 1.99. The van der Waals surface area contributed by atoms with Gasteiger partial charge in [0.25, 0.3) is 0 Å². The normalized spacial score (nSPS) is 40.9. The van der Waals surface area contributed by atoms with E-state index in [1.165, 1.54) is 25.7 Å². The van der Waals surface area contributed by atoms with Crippen molar-refractivity contribution in [3.8, 4) is 0 Å². The van der Waals surface area contributed by atoms with E-state index in [4.69, 9.17) is 4.74 Å². The molecule has 0 aromatic carbocycles. The van der Waals surface area contributed by atoms with Gasteiger partial charge >= 0.3 is 0 Å². The van der Waals surface area contributed by atoms with Gasteiger partial charge in [0.15, 0.2) is 0 Å². The second kappa shape index (κ2) is 4.60. The lowest BCUT2D eigenvalue weighted by Gasteiger charge is -2.35. The molecule has 17 heavy (non-hydrogen) atoms. The fourth-order valence-corrected chi connectivity index (χ4v) is 3.83. The monoisotopic (exact) mass is 237 g/mol. The number of hydrogen-bond acceptors (Lipinski definition) is 2. The Balaban J connectivity index is 1.65. The number of rotatable bonds is 2. The molecule has 0 spiro atoms. The second-order valence-corrected chi connectivity index (χ2v) is 5.81. The molecule has 0 bridgehead atoms. The van der Waals surface area contributed by atoms with E-state index in [1.807, 2.05) is 0 Å². The molecule has 0 aromatic heterocycles. The van der Waals surface area contributed by atoms with Crippen molar-refractivity contribution in [1.29, 1.82) is 0 Å². The first-order chi connectivity index (χ1) is 8.33. The van der Waals surface area contributed by atoms with Gasteiger partial charge in [0.05, 0.1) is 19.3 Å². The molecule has 1 heterocycles. The number of amides is 1. The maximum absolute atomic E-state index is 12.6. The van der Waals surface area contributed by atoms with Crippen molar-refractivity contribution < 1.29 is 9.53 Å². The van der Waals surface area contributed by atoms with Crippen LogP contribution in [0.15, 0.2) is 0 Å². The van der Waals surface area contributed by atoms with Crippen LogP contribution in [0.5, 0.6) is 0 Å². The number of nitrogens with zero attached hydrogens (tertiary/aromatic N) is 1. The smallest absolute Gasteiger partial charge is 0.226 e. The van der Waals surface area contributed by atoms with Crippen LogP contribution in [0.25, 0.3) is 0 Å². The van der Waals surface area contributed by atoms with Gasteiger partial charge in [-0.25, -0.2) is 0 Å². The van der Waals surface area contributed by atoms with E-state index < -0.39 is 0 Å². The van der Waals surface area contributed by atoms with E-state index in [2.05, 4.69) is 11.8 Å². The van der Waals surface area contributed by atoms with Crippen LogP contribution in [0.1, 0.15) is 39.0 Å². The van der Waals surface area contributed by atoms with Crippen LogP contribution in [0.4, 0.5) is 0 Å². The van der Waals surface area contributed by atoms with Gasteiger partial charge in [0, 0.05) is 12.5 Å². The minimum Gasteiger partial charge on any atom is -0.377 e. The topological polar surface area (TPSA) is 29.5 Å². The lowest BCUT2D eigenvalue weighted by Crippen LogP contribution is -2.49. The summed E-state index contributed by atoms with van der Waals surface area (Å²) in [5.41, 5.74) is 0. The Morgan fingerprint density at radius 1 is 1.29 bits per heavy atom. The van der Waals surface area contributed by atoms with Gasteiger partial charge in [-0.1, -0.05) is 19.8 Å². The van der Waals surface area contributed by atoms with Gasteiger partial charge in [-0.15, -0.1) is 0 Å². The van der Waals surface area contributed by atoms with Crippen LogP contribution in [-0.2, 0) is 9.53 Å². The molecule has 0 radical (unpaired) electrons. The molecule has 3 aliphatic rings. The summed E-state index contributed by atoms with van der Waals surface area (Å²) in [5, 5.41) is 0. The first-order valence-corrected chi connectivity index (χ1v) is 7.21. The lowest BCUT2D eigenvalue weighted by atomic mass is 10.0. The van der Waals surface area contributed by atoms with E-state index in [0.29, 0.717) is 17.9 Å². The minimum atomic E-state index is 0.332. The summed E-state index contributed by atoms with van der Waals surface area (Å²) in [7, 11) is 0. The van der Waals surface area contributed by atoms with Gasteiger partial charge in [-0.3, -0.25) is 4.79 Å². The zero-order valence-electron chi connectivity index (χ0n) is 10.7. The number of fused-ring (bicyclic) bond motifs is 1. The summed E-state index contributed by atoms with van der Waals surface area (Å²) in [4.78, 5) is 14.7. The predicted octanol–water partition coefficient (Wildman–Crippen LogP) is 2.06. The molecule has 3 fully saturated rings. The van der Waals surface area contributed by atoms with Crippen LogP contribution < -0.4 is 0 Å². The van der Waals surface area contributed by atoms with Gasteiger partial charge in [0.1, 0.15) is 0 Å². The Bertz CT molecular complexity index is 293. The molecule has 96 valence electrons. The van der Waals surface area contributed by atoms with Gasteiger partial charge in [-0.2, -0.15) is 0 Å². The molecule has 3 nitrogen and oxygen atoms in total. The van der Waals surface area contributed by atoms with E-state index in [0.717, 1.165) is 38.0 Å². The molecule has 1 saturated heterocycles. The molecule has 0 aromatic rings. The summed E-state index contributed by atoms with van der Waals surface area (Å²) in [6, 6.07) is 0.332. The number of carbonyl (C=O) groups is 1. The zero-order valence-corrected chi connectivity index (χ0v) is 10.7. The van der Waals surface area contributed by atoms with Crippen molar-refractivity contribution in [3.63, 3.8) is 0 Å². The van der Waals surface area contributed by atoms with Crippen molar-refractivity contribution in [2.24, 2.45) is 17.8 Å². The van der Waals surface area contributed by atoms with Crippen LogP contribution in [0.2, 0.25) is 0 Å². The average Bonchev–Trinajstić information content (AvgIpc) is 3.12. The number of ether oxygens (including phenoxy) is 1. The Hall–Kier alpha value is -0.570. The summed E-state index contributed by atoms with van der Waals surface area (Å²) in [5.74, 6) is 2.29. The number of hydrogen-bond donors (Lipinski definition) is 0. The average molecular weight is 237 g/mol. The fraction of sp³-hybridized carbons (Fsp3) is 0.929. The molecule has 3 rings (SSSR count). The minimum absolute atomic E-state index is 0.332. The molecule has 3 heteroatoms. The summed E-state index contributed by atoms with van der Waals surface area (Å²) >= 11 is 0. The molecule has 1 aliphatic heterocycles. The maximum atomic E-state index is 12.6. The Morgan fingerprint density at radius 2 is 2.00 bits per heavy atom. The fourth-order valence-electron chi connectivity index (χ4n) is 3.83. The standard InChI is InChI=1S/C14H23NO2/c1-2-10-9-17-8-7-15(10)14(16)13-11-5-3-4-6-12(11)13/h10-13H,2-9H2,1H3. The highest BCUT2D eigenvalue weighted by atomic mass is 16.5. The lowest BCUT2D eigenvalue weighted by molar-refractivity contribution is -0.142. The van der Waals surface area contributed by atoms with E-state index in [-0.39, 0.29) is 0 Å². The Labute approximate surface area is 104 Å². The highest BCUT2D eigenvalue weighted by Gasteiger charge is 2.56. The largest absolute Gasteiger partial charge is 0.377 e. The maximum Gasteiger partial charge on any atom is 0.226 e. The highest BCUT2D eigenvalue weighted by molar-refractivity contribution is 5.82. The molecule has 3 unspecified atom stereocenters. The molecule has 2 saturated carbocycles. The zero-order chi connectivity index (χ0) is 11.8. The molecule has 3 atom stereocenters. The molecule has 0 N–H and O–H groups in total. The highest BCUT2D eigenvalue weighted by Crippen LogP contribution is 2.56. The van der Waals surface area contributed by atoms with Gasteiger partial charge in [0.2, 0.25) is 5.91 Å². The van der Waals surface area contributed by atoms with Crippen molar-refractivity contribution >= 4 is 5.91 Å². The van der Waals surface area contributed by atoms with E-state index in [9.17, 15) is 4.79 Å². The van der Waals surface area contributed by atoms with Crippen LogP contribution in [0.3, 0.4) is 0 Å². The summed E-state index contributed by atoms with van der Waals surface area (Å²) in [6.45, 7) is 4.43. The van der Waals surface area contributed by atoms with Gasteiger partial charge in [-0.05, 0) is 31.1 Å². The number of carbonyl (C=O) groups excluding carboxylic acids is 1. The van der Waals surface area contributed by atoms with Crippen molar-refractivity contribution in [2.45, 2.75) is 45.1 Å². The van der Waals surface area contributed by atoms with Crippen LogP contribution in [0, 0.1) is 17.8 Å². The molecular weight excluding hydrogens is 214 g/mol. The molecular formula is C14H23NO2. The Morgan fingerprint density at radius 3 is 2.65 bits per heavy atom. The first-order valence-electron chi connectivity index (χ1n) is 7.21. The summed E-state index contributed by atoms with van der Waals surface area (Å²) < 4.78 is 5.48. The SMILES string of the molecule is CCC1COCCN1C(=O)C1C2CCCCC21. The van der Waals surface area contributed by atoms with Gasteiger partial charge < -0.3 is 9.64 Å². The second-order valence-electron chi connectivity index (χ2n) is 5.81. The van der Waals surface area contributed by atoms with E-state index >= 15 is 0 Å². The number of morpholine rings is 1. The van der Waals surface area contributed by atoms with Crippen LogP contribution >= 0.6 is 0 Å². The molecule has 2 aliphatic carbocycles. The van der Waals surface area contributed by atoms with Crippen LogP contribution in [-0.4, -0.2) is 36.6 Å². The quantitative estimate of drug-likeness (QED) is 0.735. The Kier molecular flexibility index (Phi) is 3.12. The summed E-state index contributed by atoms with van der Waals surface area (Å²) in [6.07, 6.45) is 6.29. The first kappa shape index (κ1) is 11.5.